The van der Waals surface area contributed by atoms with Gasteiger partial charge >= 0.3 is 5.97 Å². The summed E-state index contributed by atoms with van der Waals surface area (Å²) in [6, 6.07) is 9.76. The third kappa shape index (κ3) is 4.62. The highest BCUT2D eigenvalue weighted by atomic mass is 16.5. The minimum Gasteiger partial charge on any atom is -0.462 e. The summed E-state index contributed by atoms with van der Waals surface area (Å²) in [7, 11) is 3.96. The number of rotatable bonds is 5. The van der Waals surface area contributed by atoms with E-state index < -0.39 is 5.97 Å². The lowest BCUT2D eigenvalue weighted by Gasteiger charge is -2.11. The zero-order valence-electron chi connectivity index (χ0n) is 12.0. The fraction of sp³-hybridized carbons (Fsp3) is 0.250. The van der Waals surface area contributed by atoms with E-state index in [2.05, 4.69) is 0 Å². The molecule has 0 fully saturated rings. The molecule has 0 atom stereocenters. The summed E-state index contributed by atoms with van der Waals surface area (Å²) in [5, 5.41) is 8.86. The van der Waals surface area contributed by atoms with Crippen LogP contribution < -0.4 is 4.90 Å². The van der Waals surface area contributed by atoms with Gasteiger partial charge in [-0.05, 0) is 30.7 Å². The standard InChI is InChI=1S/C16H18N2O2/c1-4-20-16(19)14(12-17)7-5-6-13-8-10-15(11-9-13)18(2)3/h5-11H,4H2,1-3H3. The molecule has 20 heavy (non-hydrogen) atoms. The lowest BCUT2D eigenvalue weighted by atomic mass is 10.1. The molecule has 0 radical (unpaired) electrons. The molecular weight excluding hydrogens is 252 g/mol. The van der Waals surface area contributed by atoms with E-state index in [0.717, 1.165) is 11.3 Å². The molecule has 0 aromatic heterocycles. The lowest BCUT2D eigenvalue weighted by Crippen LogP contribution is -2.07. The smallest absolute Gasteiger partial charge is 0.348 e. The maximum atomic E-state index is 11.4. The van der Waals surface area contributed by atoms with Crippen LogP contribution in [0.2, 0.25) is 0 Å². The Morgan fingerprint density at radius 1 is 1.35 bits per heavy atom. The maximum Gasteiger partial charge on any atom is 0.348 e. The first-order chi connectivity index (χ1) is 9.58. The minimum atomic E-state index is -0.595. The number of nitrogens with zero attached hydrogens (tertiary/aromatic N) is 2. The van der Waals surface area contributed by atoms with Gasteiger partial charge in [0.15, 0.2) is 0 Å². The van der Waals surface area contributed by atoms with Crippen LogP contribution in [0.4, 0.5) is 5.69 Å². The molecule has 0 heterocycles. The number of ether oxygens (including phenoxy) is 1. The Labute approximate surface area is 119 Å². The number of allylic oxidation sites excluding steroid dienone is 2. The second-order valence-corrected chi connectivity index (χ2v) is 4.26. The van der Waals surface area contributed by atoms with Gasteiger partial charge in [-0.25, -0.2) is 4.79 Å². The number of nitriles is 1. The highest BCUT2D eigenvalue weighted by Gasteiger charge is 2.07. The summed E-state index contributed by atoms with van der Waals surface area (Å²) in [6.45, 7) is 1.96. The first-order valence-corrected chi connectivity index (χ1v) is 6.31. The zero-order chi connectivity index (χ0) is 15.0. The van der Waals surface area contributed by atoms with Gasteiger partial charge in [0.1, 0.15) is 11.6 Å². The molecule has 1 aromatic rings. The van der Waals surface area contributed by atoms with E-state index in [1.54, 1.807) is 13.0 Å². The van der Waals surface area contributed by atoms with Crippen molar-refractivity contribution < 1.29 is 9.53 Å². The minimum absolute atomic E-state index is 0.00647. The quantitative estimate of drug-likeness (QED) is 0.357. The number of benzene rings is 1. The van der Waals surface area contributed by atoms with Gasteiger partial charge in [-0.15, -0.1) is 0 Å². The van der Waals surface area contributed by atoms with Gasteiger partial charge in [0.2, 0.25) is 0 Å². The average molecular weight is 270 g/mol. The Balaban J connectivity index is 2.76. The van der Waals surface area contributed by atoms with Crippen LogP contribution in [0.25, 0.3) is 6.08 Å². The molecule has 0 bridgehead atoms. The number of anilines is 1. The largest absolute Gasteiger partial charge is 0.462 e. The van der Waals surface area contributed by atoms with Crippen LogP contribution in [0, 0.1) is 11.3 Å². The molecule has 0 saturated carbocycles. The number of hydrogen-bond acceptors (Lipinski definition) is 4. The molecule has 104 valence electrons. The van der Waals surface area contributed by atoms with Crippen molar-refractivity contribution in [3.63, 3.8) is 0 Å². The topological polar surface area (TPSA) is 53.3 Å². The Kier molecular flexibility index (Phi) is 6.05. The van der Waals surface area contributed by atoms with E-state index in [1.165, 1.54) is 6.08 Å². The fourth-order valence-corrected chi connectivity index (χ4v) is 1.50. The average Bonchev–Trinajstić information content (AvgIpc) is 2.44. The predicted molar refractivity (Wildman–Crippen MR) is 80.1 cm³/mol. The second-order valence-electron chi connectivity index (χ2n) is 4.26. The summed E-state index contributed by atoms with van der Waals surface area (Å²) < 4.78 is 4.77. The van der Waals surface area contributed by atoms with Gasteiger partial charge < -0.3 is 9.64 Å². The van der Waals surface area contributed by atoms with Crippen molar-refractivity contribution in [2.45, 2.75) is 6.92 Å². The molecule has 1 rings (SSSR count). The highest BCUT2D eigenvalue weighted by molar-refractivity contribution is 5.93. The molecule has 0 saturated heterocycles. The summed E-state index contributed by atoms with van der Waals surface area (Å²) >= 11 is 0. The second kappa shape index (κ2) is 7.80. The third-order valence-electron chi connectivity index (χ3n) is 2.58. The van der Waals surface area contributed by atoms with Crippen molar-refractivity contribution in [3.8, 4) is 6.07 Å². The van der Waals surface area contributed by atoms with Crippen molar-refractivity contribution in [1.82, 2.24) is 0 Å². The molecule has 1 aromatic carbocycles. The van der Waals surface area contributed by atoms with E-state index in [4.69, 9.17) is 10.00 Å². The first-order valence-electron chi connectivity index (χ1n) is 6.31. The first kappa shape index (κ1) is 15.5. The van der Waals surface area contributed by atoms with Crippen molar-refractivity contribution in [2.24, 2.45) is 0 Å². The van der Waals surface area contributed by atoms with Crippen molar-refractivity contribution in [3.05, 3.63) is 47.6 Å². The summed E-state index contributed by atoms with van der Waals surface area (Å²) in [4.78, 5) is 13.4. The normalized spacial score (nSPS) is 11.2. The van der Waals surface area contributed by atoms with Crippen LogP contribution in [0.1, 0.15) is 12.5 Å². The van der Waals surface area contributed by atoms with E-state index in [9.17, 15) is 4.79 Å². The van der Waals surface area contributed by atoms with Gasteiger partial charge in [-0.1, -0.05) is 24.3 Å². The summed E-state index contributed by atoms with van der Waals surface area (Å²) in [5.41, 5.74) is 2.10. The number of carbonyl (C=O) groups is 1. The Morgan fingerprint density at radius 3 is 2.50 bits per heavy atom. The highest BCUT2D eigenvalue weighted by Crippen LogP contribution is 2.13. The van der Waals surface area contributed by atoms with Crippen LogP contribution in [-0.2, 0) is 9.53 Å². The molecule has 0 aliphatic carbocycles. The molecule has 4 heteroatoms. The fourth-order valence-electron chi connectivity index (χ4n) is 1.50. The van der Waals surface area contributed by atoms with Crippen molar-refractivity contribution >= 4 is 17.7 Å². The van der Waals surface area contributed by atoms with Crippen molar-refractivity contribution in [1.29, 1.82) is 5.26 Å². The summed E-state index contributed by atoms with van der Waals surface area (Å²) in [6.07, 6.45) is 4.95. The number of hydrogen-bond donors (Lipinski definition) is 0. The molecule has 0 unspecified atom stereocenters. The monoisotopic (exact) mass is 270 g/mol. The Bertz CT molecular complexity index is 549. The zero-order valence-corrected chi connectivity index (χ0v) is 12.0. The van der Waals surface area contributed by atoms with Gasteiger partial charge in [0.05, 0.1) is 6.61 Å². The van der Waals surface area contributed by atoms with E-state index >= 15 is 0 Å². The van der Waals surface area contributed by atoms with Crippen LogP contribution in [0.5, 0.6) is 0 Å². The van der Waals surface area contributed by atoms with Crippen LogP contribution >= 0.6 is 0 Å². The molecule has 0 aliphatic heterocycles. The van der Waals surface area contributed by atoms with Gasteiger partial charge in [0, 0.05) is 19.8 Å². The SMILES string of the molecule is CCOC(=O)C(C#N)=CC=Cc1ccc(N(C)C)cc1. The van der Waals surface area contributed by atoms with Crippen LogP contribution in [0.3, 0.4) is 0 Å². The predicted octanol–water partition coefficient (Wildman–Crippen LogP) is 2.78. The molecular formula is C16H18N2O2. The van der Waals surface area contributed by atoms with Crippen LogP contribution in [0.15, 0.2) is 42.0 Å². The Hall–Kier alpha value is -2.54. The van der Waals surface area contributed by atoms with Gasteiger partial charge in [0.25, 0.3) is 0 Å². The molecule has 0 aliphatic rings. The van der Waals surface area contributed by atoms with E-state index in [1.807, 2.05) is 55.4 Å². The third-order valence-corrected chi connectivity index (χ3v) is 2.58. The molecule has 4 nitrogen and oxygen atoms in total. The van der Waals surface area contributed by atoms with Crippen LogP contribution in [-0.4, -0.2) is 26.7 Å². The summed E-state index contributed by atoms with van der Waals surface area (Å²) in [5.74, 6) is -0.595. The van der Waals surface area contributed by atoms with Gasteiger partial charge in [-0.3, -0.25) is 0 Å². The van der Waals surface area contributed by atoms with Gasteiger partial charge in [-0.2, -0.15) is 5.26 Å². The molecule has 0 amide bonds. The van der Waals surface area contributed by atoms with Crippen molar-refractivity contribution in [2.75, 3.05) is 25.6 Å². The lowest BCUT2D eigenvalue weighted by molar-refractivity contribution is -0.138. The maximum absolute atomic E-state index is 11.4. The number of carbonyl (C=O) groups excluding carboxylic acids is 1. The van der Waals surface area contributed by atoms with E-state index in [-0.39, 0.29) is 12.2 Å². The molecule has 0 N–H and O–H groups in total. The molecule has 0 spiro atoms. The number of esters is 1. The van der Waals surface area contributed by atoms with E-state index in [0.29, 0.717) is 0 Å². The Morgan fingerprint density at radius 2 is 2.00 bits per heavy atom.